The van der Waals surface area contributed by atoms with Gasteiger partial charge in [-0.2, -0.15) is 5.10 Å². The van der Waals surface area contributed by atoms with Gasteiger partial charge in [0, 0.05) is 45.5 Å². The van der Waals surface area contributed by atoms with Gasteiger partial charge in [0.2, 0.25) is 0 Å². The highest BCUT2D eigenvalue weighted by Gasteiger charge is 2.32. The summed E-state index contributed by atoms with van der Waals surface area (Å²) in [7, 11) is 0. The molecule has 0 radical (unpaired) electrons. The molecule has 1 aromatic carbocycles. The third-order valence-electron chi connectivity index (χ3n) is 5.16. The van der Waals surface area contributed by atoms with Crippen molar-refractivity contribution in [3.8, 4) is 5.69 Å². The molecule has 2 aliphatic heterocycles. The number of amides is 3. The third-order valence-corrected chi connectivity index (χ3v) is 5.16. The maximum absolute atomic E-state index is 12.8. The quantitative estimate of drug-likeness (QED) is 0.667. The van der Waals surface area contributed by atoms with Crippen LogP contribution in [0.1, 0.15) is 10.5 Å². The van der Waals surface area contributed by atoms with Crippen LogP contribution in [-0.2, 0) is 14.3 Å². The molecule has 0 N–H and O–H groups in total. The second kappa shape index (κ2) is 8.44. The summed E-state index contributed by atoms with van der Waals surface area (Å²) in [5.74, 6) is -1.17. The molecule has 0 bridgehead atoms. The molecule has 2 aromatic rings. The Morgan fingerprint density at radius 3 is 2.00 bits per heavy atom. The van der Waals surface area contributed by atoms with Crippen LogP contribution in [-0.4, -0.2) is 94.7 Å². The molecule has 9 nitrogen and oxygen atoms in total. The first-order valence-corrected chi connectivity index (χ1v) is 9.70. The van der Waals surface area contributed by atoms with Crippen LogP contribution in [0.15, 0.2) is 42.6 Å². The number of para-hydroxylation sites is 1. The summed E-state index contributed by atoms with van der Waals surface area (Å²) in [5, 5.41) is 4.37. The summed E-state index contributed by atoms with van der Waals surface area (Å²) >= 11 is 0. The Labute approximate surface area is 168 Å². The van der Waals surface area contributed by atoms with Gasteiger partial charge in [0.15, 0.2) is 5.69 Å². The highest BCUT2D eigenvalue weighted by atomic mass is 16.5. The predicted molar refractivity (Wildman–Crippen MR) is 103 cm³/mol. The van der Waals surface area contributed by atoms with Gasteiger partial charge in [0.1, 0.15) is 0 Å². The van der Waals surface area contributed by atoms with E-state index >= 15 is 0 Å². The first-order valence-electron chi connectivity index (χ1n) is 9.70. The van der Waals surface area contributed by atoms with Gasteiger partial charge < -0.3 is 19.4 Å². The number of carbonyl (C=O) groups excluding carboxylic acids is 3. The van der Waals surface area contributed by atoms with E-state index in [0.717, 1.165) is 5.69 Å². The molecule has 3 amide bonds. The molecule has 0 atom stereocenters. The second-order valence-electron chi connectivity index (χ2n) is 6.97. The van der Waals surface area contributed by atoms with Crippen molar-refractivity contribution >= 4 is 17.7 Å². The zero-order valence-electron chi connectivity index (χ0n) is 16.1. The van der Waals surface area contributed by atoms with Crippen molar-refractivity contribution in [2.75, 3.05) is 52.5 Å². The van der Waals surface area contributed by atoms with Crippen molar-refractivity contribution in [2.45, 2.75) is 0 Å². The lowest BCUT2D eigenvalue weighted by molar-refractivity contribution is -0.154. The number of carbonyl (C=O) groups is 3. The average Bonchev–Trinajstić information content (AvgIpc) is 3.29. The van der Waals surface area contributed by atoms with Crippen molar-refractivity contribution in [3.05, 3.63) is 48.3 Å². The SMILES string of the molecule is O=C(C(=O)N1CCN(C(=O)c2ccn(-c3ccccc3)n2)CC1)N1CCOCC1. The van der Waals surface area contributed by atoms with E-state index in [1.807, 2.05) is 30.3 Å². The lowest BCUT2D eigenvalue weighted by Crippen LogP contribution is -2.55. The number of ether oxygens (including phenoxy) is 1. The summed E-state index contributed by atoms with van der Waals surface area (Å²) in [5.41, 5.74) is 1.24. The summed E-state index contributed by atoms with van der Waals surface area (Å²) in [6.07, 6.45) is 1.75. The molecule has 3 heterocycles. The number of piperazine rings is 1. The van der Waals surface area contributed by atoms with Crippen LogP contribution < -0.4 is 0 Å². The molecule has 4 rings (SSSR count). The molecule has 1 aromatic heterocycles. The molecule has 9 heteroatoms. The van der Waals surface area contributed by atoms with Crippen LogP contribution in [0.2, 0.25) is 0 Å². The van der Waals surface area contributed by atoms with E-state index in [1.54, 1.807) is 21.8 Å². The minimum atomic E-state index is -0.507. The van der Waals surface area contributed by atoms with E-state index < -0.39 is 11.8 Å². The molecule has 2 aliphatic rings. The van der Waals surface area contributed by atoms with E-state index in [9.17, 15) is 14.4 Å². The summed E-state index contributed by atoms with van der Waals surface area (Å²) in [4.78, 5) is 42.3. The molecule has 29 heavy (non-hydrogen) atoms. The minimum absolute atomic E-state index is 0.175. The minimum Gasteiger partial charge on any atom is -0.378 e. The smallest absolute Gasteiger partial charge is 0.312 e. The van der Waals surface area contributed by atoms with Gasteiger partial charge in [-0.05, 0) is 18.2 Å². The number of hydrogen-bond acceptors (Lipinski definition) is 5. The predicted octanol–water partition coefficient (Wildman–Crippen LogP) is 0.0155. The van der Waals surface area contributed by atoms with Crippen molar-refractivity contribution in [1.82, 2.24) is 24.5 Å². The second-order valence-corrected chi connectivity index (χ2v) is 6.97. The number of aromatic nitrogens is 2. The fourth-order valence-electron chi connectivity index (χ4n) is 3.47. The average molecular weight is 397 g/mol. The molecule has 0 unspecified atom stereocenters. The van der Waals surface area contributed by atoms with Crippen LogP contribution in [0.25, 0.3) is 5.69 Å². The number of morpholine rings is 1. The van der Waals surface area contributed by atoms with Gasteiger partial charge in [0.05, 0.1) is 18.9 Å². The van der Waals surface area contributed by atoms with Crippen molar-refractivity contribution in [1.29, 1.82) is 0 Å². The number of nitrogens with zero attached hydrogens (tertiary/aromatic N) is 5. The van der Waals surface area contributed by atoms with Crippen LogP contribution >= 0.6 is 0 Å². The van der Waals surface area contributed by atoms with Crippen LogP contribution in [0.3, 0.4) is 0 Å². The van der Waals surface area contributed by atoms with Crippen LogP contribution in [0.4, 0.5) is 0 Å². The first kappa shape index (κ1) is 19.1. The van der Waals surface area contributed by atoms with Gasteiger partial charge in [-0.25, -0.2) is 4.68 Å². The number of hydrogen-bond donors (Lipinski definition) is 0. The fraction of sp³-hybridized carbons (Fsp3) is 0.400. The molecule has 0 saturated carbocycles. The van der Waals surface area contributed by atoms with Crippen molar-refractivity contribution in [3.63, 3.8) is 0 Å². The van der Waals surface area contributed by atoms with E-state index in [4.69, 9.17) is 4.74 Å². The summed E-state index contributed by atoms with van der Waals surface area (Å²) in [6, 6.07) is 11.3. The molecular weight excluding hydrogens is 374 g/mol. The normalized spacial score (nSPS) is 17.3. The summed E-state index contributed by atoms with van der Waals surface area (Å²) in [6.45, 7) is 3.20. The fourth-order valence-corrected chi connectivity index (χ4v) is 3.47. The molecular formula is C20H23N5O4. The van der Waals surface area contributed by atoms with Crippen LogP contribution in [0, 0.1) is 0 Å². The lowest BCUT2D eigenvalue weighted by Gasteiger charge is -2.35. The standard InChI is InChI=1S/C20H23N5O4/c26-18(17-6-7-25(21-17)16-4-2-1-3-5-16)22-8-10-23(11-9-22)19(27)20(28)24-12-14-29-15-13-24/h1-7H,8-15H2. The van der Waals surface area contributed by atoms with Crippen molar-refractivity contribution < 1.29 is 19.1 Å². The summed E-state index contributed by atoms with van der Waals surface area (Å²) < 4.78 is 6.88. The third kappa shape index (κ3) is 4.14. The number of rotatable bonds is 2. The van der Waals surface area contributed by atoms with E-state index in [2.05, 4.69) is 5.10 Å². The van der Waals surface area contributed by atoms with E-state index in [-0.39, 0.29) is 5.91 Å². The monoisotopic (exact) mass is 397 g/mol. The van der Waals surface area contributed by atoms with E-state index in [1.165, 1.54) is 9.80 Å². The molecule has 2 saturated heterocycles. The molecule has 0 spiro atoms. The van der Waals surface area contributed by atoms with Gasteiger partial charge in [0.25, 0.3) is 5.91 Å². The Hall–Kier alpha value is -3.20. The van der Waals surface area contributed by atoms with E-state index in [0.29, 0.717) is 58.2 Å². The number of benzene rings is 1. The molecule has 0 aliphatic carbocycles. The molecule has 152 valence electrons. The Balaban J connectivity index is 1.33. The Kier molecular flexibility index (Phi) is 5.57. The van der Waals surface area contributed by atoms with Gasteiger partial charge in [-0.15, -0.1) is 0 Å². The Morgan fingerprint density at radius 2 is 1.34 bits per heavy atom. The van der Waals surface area contributed by atoms with Gasteiger partial charge in [-0.1, -0.05) is 18.2 Å². The topological polar surface area (TPSA) is 88.0 Å². The van der Waals surface area contributed by atoms with Gasteiger partial charge in [-0.3, -0.25) is 14.4 Å². The maximum Gasteiger partial charge on any atom is 0.312 e. The maximum atomic E-state index is 12.8. The zero-order valence-corrected chi connectivity index (χ0v) is 16.1. The Morgan fingerprint density at radius 1 is 0.759 bits per heavy atom. The highest BCUT2D eigenvalue weighted by Crippen LogP contribution is 2.11. The largest absolute Gasteiger partial charge is 0.378 e. The zero-order chi connectivity index (χ0) is 20.2. The molecule has 2 fully saturated rings. The van der Waals surface area contributed by atoms with Crippen LogP contribution in [0.5, 0.6) is 0 Å². The lowest BCUT2D eigenvalue weighted by atomic mass is 10.2. The van der Waals surface area contributed by atoms with Gasteiger partial charge >= 0.3 is 11.8 Å². The highest BCUT2D eigenvalue weighted by molar-refractivity contribution is 6.34. The van der Waals surface area contributed by atoms with Crippen molar-refractivity contribution in [2.24, 2.45) is 0 Å². The first-order chi connectivity index (χ1) is 14.1. The Bertz CT molecular complexity index is 883.